The van der Waals surface area contributed by atoms with E-state index in [0.717, 1.165) is 13.2 Å². The lowest BCUT2D eigenvalue weighted by atomic mass is 9.63. The first-order chi connectivity index (χ1) is 13.3. The van der Waals surface area contributed by atoms with E-state index in [1.807, 2.05) is 0 Å². The number of aromatic amines is 1. The predicted octanol–water partition coefficient (Wildman–Crippen LogP) is 4.04. The van der Waals surface area contributed by atoms with Crippen LogP contribution in [0, 0.1) is 11.3 Å². The fourth-order valence-electron chi connectivity index (χ4n) is 5.16. The van der Waals surface area contributed by atoms with Crippen LogP contribution < -0.4 is 5.43 Å². The molecule has 27 heavy (non-hydrogen) atoms. The van der Waals surface area contributed by atoms with Gasteiger partial charge in [0.05, 0.1) is 12.7 Å². The molecule has 1 aromatic rings. The van der Waals surface area contributed by atoms with Crippen LogP contribution in [0.3, 0.4) is 0 Å². The van der Waals surface area contributed by atoms with Crippen LogP contribution >= 0.6 is 0 Å². The van der Waals surface area contributed by atoms with E-state index in [1.54, 1.807) is 12.4 Å². The van der Waals surface area contributed by atoms with E-state index in [2.05, 4.69) is 31.6 Å². The summed E-state index contributed by atoms with van der Waals surface area (Å²) < 4.78 is 6.21. The molecule has 4 rings (SSSR count). The van der Waals surface area contributed by atoms with Gasteiger partial charge in [-0.3, -0.25) is 0 Å². The summed E-state index contributed by atoms with van der Waals surface area (Å²) in [6, 6.07) is 0. The monoisotopic (exact) mass is 373 g/mol. The van der Waals surface area contributed by atoms with Gasteiger partial charge in [-0.2, -0.15) is 5.10 Å². The number of H-pyrrole nitrogens is 1. The Bertz CT molecular complexity index is 563. The third-order valence-corrected chi connectivity index (χ3v) is 7.00. The zero-order chi connectivity index (χ0) is 18.4. The molecule has 1 aliphatic heterocycles. The Morgan fingerprint density at radius 2 is 1.93 bits per heavy atom. The van der Waals surface area contributed by atoms with Crippen molar-refractivity contribution >= 4 is 12.2 Å². The van der Waals surface area contributed by atoms with Gasteiger partial charge in [-0.15, -0.1) is 0 Å². The van der Waals surface area contributed by atoms with Crippen LogP contribution in [-0.2, 0) is 4.74 Å². The molecular formula is C21H35N5O. The van der Waals surface area contributed by atoms with Crippen LogP contribution in [0.15, 0.2) is 17.5 Å². The maximum absolute atomic E-state index is 6.21. The van der Waals surface area contributed by atoms with Gasteiger partial charge in [-0.1, -0.05) is 0 Å². The quantitative estimate of drug-likeness (QED) is 0.559. The molecule has 2 aliphatic carbocycles. The Hall–Kier alpha value is -1.40. The Morgan fingerprint density at radius 3 is 2.63 bits per heavy atom. The summed E-state index contributed by atoms with van der Waals surface area (Å²) in [6.45, 7) is 4.62. The molecule has 2 saturated carbocycles. The van der Waals surface area contributed by atoms with Crippen molar-refractivity contribution in [1.82, 2.24) is 14.9 Å². The Kier molecular flexibility index (Phi) is 6.45. The zero-order valence-corrected chi connectivity index (χ0v) is 16.5. The lowest BCUT2D eigenvalue weighted by molar-refractivity contribution is -0.0209. The molecule has 0 radical (unpaired) electrons. The molecule has 3 aliphatic rings. The minimum atomic E-state index is 0.509. The molecule has 6 nitrogen and oxygen atoms in total. The summed E-state index contributed by atoms with van der Waals surface area (Å²) in [4.78, 5) is 9.68. The second-order valence-electron chi connectivity index (χ2n) is 8.78. The van der Waals surface area contributed by atoms with Gasteiger partial charge in [0.1, 0.15) is 0 Å². The van der Waals surface area contributed by atoms with Gasteiger partial charge in [-0.05, 0) is 88.6 Å². The summed E-state index contributed by atoms with van der Waals surface area (Å²) in [5.74, 6) is 1.31. The van der Waals surface area contributed by atoms with Crippen molar-refractivity contribution in [2.24, 2.45) is 16.4 Å². The van der Waals surface area contributed by atoms with E-state index in [4.69, 9.17) is 4.74 Å². The number of anilines is 1. The zero-order valence-electron chi connectivity index (χ0n) is 16.5. The first kappa shape index (κ1) is 18.9. The van der Waals surface area contributed by atoms with Crippen LogP contribution in [-0.4, -0.2) is 53.4 Å². The molecule has 0 aromatic carbocycles. The van der Waals surface area contributed by atoms with Crippen molar-refractivity contribution in [3.63, 3.8) is 0 Å². The topological polar surface area (TPSA) is 65.5 Å². The van der Waals surface area contributed by atoms with E-state index in [1.165, 1.54) is 77.3 Å². The van der Waals surface area contributed by atoms with Crippen molar-refractivity contribution in [2.45, 2.75) is 70.3 Å². The summed E-state index contributed by atoms with van der Waals surface area (Å²) in [5, 5.41) is 4.36. The maximum Gasteiger partial charge on any atom is 0.220 e. The number of nitrogens with one attached hydrogen (secondary N) is 2. The van der Waals surface area contributed by atoms with E-state index in [-0.39, 0.29) is 0 Å². The molecular weight excluding hydrogens is 338 g/mol. The van der Waals surface area contributed by atoms with E-state index in [0.29, 0.717) is 23.4 Å². The summed E-state index contributed by atoms with van der Waals surface area (Å²) in [7, 11) is 0. The van der Waals surface area contributed by atoms with Crippen LogP contribution in [0.2, 0.25) is 0 Å². The van der Waals surface area contributed by atoms with Crippen molar-refractivity contribution in [2.75, 3.05) is 31.7 Å². The molecule has 1 saturated heterocycles. The lowest BCUT2D eigenvalue weighted by Crippen LogP contribution is -2.35. The highest BCUT2D eigenvalue weighted by atomic mass is 16.5. The number of likely N-dealkylation sites (tertiary alicyclic amines) is 1. The highest BCUT2D eigenvalue weighted by Crippen LogP contribution is 2.49. The number of rotatable bonds is 7. The molecule has 1 spiro atoms. The van der Waals surface area contributed by atoms with E-state index in [9.17, 15) is 0 Å². The molecule has 3 fully saturated rings. The maximum atomic E-state index is 6.21. The van der Waals surface area contributed by atoms with Gasteiger partial charge in [0.15, 0.2) is 0 Å². The van der Waals surface area contributed by atoms with Gasteiger partial charge in [0.25, 0.3) is 0 Å². The molecule has 0 unspecified atom stereocenters. The highest BCUT2D eigenvalue weighted by Gasteiger charge is 2.38. The third kappa shape index (κ3) is 5.32. The lowest BCUT2D eigenvalue weighted by Gasteiger charge is -2.44. The first-order valence-corrected chi connectivity index (χ1v) is 10.9. The summed E-state index contributed by atoms with van der Waals surface area (Å²) in [6.07, 6.45) is 19.3. The standard InChI is InChI=1S/C21H35N5O/c1-2-14-26(13-1)15-16-27-19-5-9-21(10-6-19)7-3-18(4-8-21)17-24-25-20-22-11-12-23-20/h11-12,17-19H,1-10,13-16H2,(H2,22,23,25)/b24-17+. The Balaban J connectivity index is 1.12. The molecule has 150 valence electrons. The number of ether oxygens (including phenoxy) is 1. The van der Waals surface area contributed by atoms with Crippen LogP contribution in [0.5, 0.6) is 0 Å². The largest absolute Gasteiger partial charge is 0.377 e. The van der Waals surface area contributed by atoms with Gasteiger partial charge in [0.2, 0.25) is 5.95 Å². The average molecular weight is 374 g/mol. The van der Waals surface area contributed by atoms with E-state index < -0.39 is 0 Å². The minimum absolute atomic E-state index is 0.509. The molecule has 0 bridgehead atoms. The molecule has 2 heterocycles. The first-order valence-electron chi connectivity index (χ1n) is 10.9. The Morgan fingerprint density at radius 1 is 1.19 bits per heavy atom. The molecule has 0 atom stereocenters. The second kappa shape index (κ2) is 9.20. The van der Waals surface area contributed by atoms with Crippen LogP contribution in [0.25, 0.3) is 0 Å². The number of hydrogen-bond acceptors (Lipinski definition) is 5. The SMILES string of the molecule is C(=N\Nc1ncc[nH]1)/C1CCC2(CC1)CCC(OCCN1CCCC1)CC2. The third-order valence-electron chi connectivity index (χ3n) is 7.00. The fourth-order valence-corrected chi connectivity index (χ4v) is 5.16. The van der Waals surface area contributed by atoms with Crippen molar-refractivity contribution in [3.05, 3.63) is 12.4 Å². The molecule has 6 heteroatoms. The number of aromatic nitrogens is 2. The molecule has 1 aromatic heterocycles. The highest BCUT2D eigenvalue weighted by molar-refractivity contribution is 5.61. The summed E-state index contributed by atoms with van der Waals surface area (Å²) >= 11 is 0. The van der Waals surface area contributed by atoms with Crippen molar-refractivity contribution < 1.29 is 4.74 Å². The van der Waals surface area contributed by atoms with E-state index >= 15 is 0 Å². The predicted molar refractivity (Wildman–Crippen MR) is 109 cm³/mol. The fraction of sp³-hybridized carbons (Fsp3) is 0.810. The van der Waals surface area contributed by atoms with Crippen LogP contribution in [0.4, 0.5) is 5.95 Å². The summed E-state index contributed by atoms with van der Waals surface area (Å²) in [5.41, 5.74) is 3.56. The van der Waals surface area contributed by atoms with Crippen molar-refractivity contribution in [3.8, 4) is 0 Å². The van der Waals surface area contributed by atoms with Gasteiger partial charge >= 0.3 is 0 Å². The Labute approximate surface area is 163 Å². The van der Waals surface area contributed by atoms with Crippen molar-refractivity contribution in [1.29, 1.82) is 0 Å². The minimum Gasteiger partial charge on any atom is -0.377 e. The van der Waals surface area contributed by atoms with Gasteiger partial charge in [-0.25, -0.2) is 10.4 Å². The number of imidazole rings is 1. The smallest absolute Gasteiger partial charge is 0.220 e. The molecule has 2 N–H and O–H groups in total. The average Bonchev–Trinajstić information content (AvgIpc) is 3.40. The number of nitrogens with zero attached hydrogens (tertiary/aromatic N) is 3. The van der Waals surface area contributed by atoms with Gasteiger partial charge < -0.3 is 14.6 Å². The second-order valence-corrected chi connectivity index (χ2v) is 8.78. The molecule has 0 amide bonds. The van der Waals surface area contributed by atoms with Gasteiger partial charge in [0, 0.05) is 25.2 Å². The van der Waals surface area contributed by atoms with Crippen LogP contribution in [0.1, 0.15) is 64.2 Å². The number of hydrogen-bond donors (Lipinski definition) is 2. The number of hydrazone groups is 1. The normalized spacial score (nSPS) is 32.4.